The number of carbonyl (C=O) groups is 2. The second-order valence-electron chi connectivity index (χ2n) is 6.87. The molecule has 0 fully saturated rings. The lowest BCUT2D eigenvalue weighted by molar-refractivity contribution is -0.127. The highest BCUT2D eigenvalue weighted by atomic mass is 16.5. The second-order valence-corrected chi connectivity index (χ2v) is 6.87. The van der Waals surface area contributed by atoms with E-state index in [1.54, 1.807) is 33.8 Å². The molecule has 1 aromatic carbocycles. The molecule has 1 unspecified atom stereocenters. The van der Waals surface area contributed by atoms with Crippen LogP contribution in [-0.2, 0) is 9.53 Å². The van der Waals surface area contributed by atoms with Crippen LogP contribution in [-0.4, -0.2) is 51.9 Å². The molecule has 4 N–H and O–H groups in total. The summed E-state index contributed by atoms with van der Waals surface area (Å²) in [7, 11) is 0. The molecular formula is C21H31NO6. The van der Waals surface area contributed by atoms with Gasteiger partial charge in [0.15, 0.2) is 5.78 Å². The average Bonchev–Trinajstić information content (AvgIpc) is 2.63. The van der Waals surface area contributed by atoms with Crippen LogP contribution < -0.4 is 5.32 Å². The Kier molecular flexibility index (Phi) is 9.15. The van der Waals surface area contributed by atoms with E-state index >= 15 is 0 Å². The number of benzene rings is 1. The molecule has 1 aromatic rings. The molecule has 0 radical (unpaired) electrons. The maximum Gasteiger partial charge on any atom is 0.342 e. The van der Waals surface area contributed by atoms with Gasteiger partial charge in [-0.25, -0.2) is 4.79 Å². The molecule has 0 aromatic heterocycles. The van der Waals surface area contributed by atoms with Gasteiger partial charge in [0.05, 0.1) is 6.10 Å². The minimum absolute atomic E-state index is 0.0993. The molecule has 4 atom stereocenters. The summed E-state index contributed by atoms with van der Waals surface area (Å²) in [5, 5.41) is 32.5. The molecule has 156 valence electrons. The molecule has 0 bridgehead atoms. The van der Waals surface area contributed by atoms with Crippen molar-refractivity contribution in [3.05, 3.63) is 35.4 Å². The third-order valence-corrected chi connectivity index (χ3v) is 4.57. The first-order chi connectivity index (χ1) is 13.1. The summed E-state index contributed by atoms with van der Waals surface area (Å²) in [6.07, 6.45) is -0.184. The van der Waals surface area contributed by atoms with Crippen molar-refractivity contribution in [2.75, 3.05) is 11.9 Å². The first-order valence-electron chi connectivity index (χ1n) is 9.48. The van der Waals surface area contributed by atoms with E-state index in [0.717, 1.165) is 0 Å². The lowest BCUT2D eigenvalue weighted by Crippen LogP contribution is -2.32. The van der Waals surface area contributed by atoms with Crippen molar-refractivity contribution in [2.45, 2.75) is 59.4 Å². The van der Waals surface area contributed by atoms with Gasteiger partial charge in [0, 0.05) is 24.2 Å². The third-order valence-electron chi connectivity index (χ3n) is 4.57. The lowest BCUT2D eigenvalue weighted by atomic mass is 10.0. The minimum atomic E-state index is -1.47. The Bertz CT molecular complexity index is 692. The summed E-state index contributed by atoms with van der Waals surface area (Å²) in [6, 6.07) is 3.23. The van der Waals surface area contributed by atoms with Gasteiger partial charge in [-0.1, -0.05) is 19.9 Å². The zero-order chi connectivity index (χ0) is 21.4. The second kappa shape index (κ2) is 10.8. The van der Waals surface area contributed by atoms with E-state index in [9.17, 15) is 24.9 Å². The molecule has 0 aliphatic heterocycles. The van der Waals surface area contributed by atoms with Crippen molar-refractivity contribution in [3.63, 3.8) is 0 Å². The van der Waals surface area contributed by atoms with Gasteiger partial charge in [-0.15, -0.1) is 0 Å². The summed E-state index contributed by atoms with van der Waals surface area (Å²) in [5.41, 5.74) is 1.40. The lowest BCUT2D eigenvalue weighted by Gasteiger charge is -2.19. The Morgan fingerprint density at radius 2 is 1.86 bits per heavy atom. The first kappa shape index (κ1) is 23.7. The van der Waals surface area contributed by atoms with Crippen LogP contribution in [0.3, 0.4) is 0 Å². The molecule has 0 aliphatic carbocycles. The molecule has 28 heavy (non-hydrogen) atoms. The fraction of sp³-hybridized carbons (Fsp3) is 0.524. The predicted molar refractivity (Wildman–Crippen MR) is 108 cm³/mol. The highest BCUT2D eigenvalue weighted by Crippen LogP contribution is 2.27. The van der Waals surface area contributed by atoms with Gasteiger partial charge in [0.2, 0.25) is 0 Å². The number of aromatic hydroxyl groups is 1. The fourth-order valence-corrected chi connectivity index (χ4v) is 2.59. The predicted octanol–water partition coefficient (Wildman–Crippen LogP) is 2.57. The quantitative estimate of drug-likeness (QED) is 0.357. The van der Waals surface area contributed by atoms with Gasteiger partial charge in [-0.3, -0.25) is 4.79 Å². The van der Waals surface area contributed by atoms with Crippen molar-refractivity contribution in [1.82, 2.24) is 0 Å². The number of aliphatic hydroxyl groups excluding tert-OH is 2. The van der Waals surface area contributed by atoms with E-state index < -0.39 is 30.1 Å². The number of phenolic OH excluding ortho intramolecular Hbond substituents is 1. The standard InChI is InChI=1S/C21H31NO6/c1-6-16(23)20(26)17(24)9-8-12(3)14(5)28-21(27)19-13(4)10-15(22-7-2)11-18(19)25/h8-12,14,16,20,22-23,25-26H,6-7H2,1-5H3/b9-8-/t12-,14?,16+,20+/m1/s1. The molecular weight excluding hydrogens is 362 g/mol. The van der Waals surface area contributed by atoms with Crippen LogP contribution in [0, 0.1) is 12.8 Å². The highest BCUT2D eigenvalue weighted by molar-refractivity contribution is 5.95. The van der Waals surface area contributed by atoms with Crippen LogP contribution in [0.5, 0.6) is 5.75 Å². The first-order valence-corrected chi connectivity index (χ1v) is 9.48. The van der Waals surface area contributed by atoms with Gasteiger partial charge < -0.3 is 25.4 Å². The van der Waals surface area contributed by atoms with Gasteiger partial charge in [-0.05, 0) is 44.9 Å². The van der Waals surface area contributed by atoms with Crippen LogP contribution >= 0.6 is 0 Å². The highest BCUT2D eigenvalue weighted by Gasteiger charge is 2.23. The number of esters is 1. The van der Waals surface area contributed by atoms with E-state index in [-0.39, 0.29) is 23.7 Å². The van der Waals surface area contributed by atoms with Crippen LogP contribution in [0.1, 0.15) is 50.0 Å². The smallest absolute Gasteiger partial charge is 0.342 e. The number of carbonyl (C=O) groups excluding carboxylic acids is 2. The third kappa shape index (κ3) is 6.35. The van der Waals surface area contributed by atoms with Gasteiger partial charge in [0.1, 0.15) is 23.5 Å². The maximum atomic E-state index is 12.5. The van der Waals surface area contributed by atoms with Crippen LogP contribution in [0.2, 0.25) is 0 Å². The van der Waals surface area contributed by atoms with Crippen molar-refractivity contribution in [2.24, 2.45) is 5.92 Å². The van der Waals surface area contributed by atoms with E-state index in [1.807, 2.05) is 6.92 Å². The number of aliphatic hydroxyl groups is 2. The van der Waals surface area contributed by atoms with Gasteiger partial charge in [-0.2, -0.15) is 0 Å². The van der Waals surface area contributed by atoms with Crippen molar-refractivity contribution in [1.29, 1.82) is 0 Å². The summed E-state index contributed by atoms with van der Waals surface area (Å²) >= 11 is 0. The number of nitrogens with one attached hydrogen (secondary N) is 1. The van der Waals surface area contributed by atoms with Gasteiger partial charge in [0.25, 0.3) is 0 Å². The molecule has 7 heteroatoms. The SMILES string of the molecule is CCNc1cc(C)c(C(=O)OC(C)[C@H](C)/C=C\C(=O)[C@@H](O)[C@@H](O)CC)c(O)c1. The number of aryl methyl sites for hydroxylation is 1. The summed E-state index contributed by atoms with van der Waals surface area (Å²) in [4.78, 5) is 24.3. The van der Waals surface area contributed by atoms with E-state index in [0.29, 0.717) is 17.8 Å². The molecule has 0 aliphatic rings. The number of rotatable bonds is 10. The van der Waals surface area contributed by atoms with Crippen LogP contribution in [0.15, 0.2) is 24.3 Å². The number of ketones is 1. The molecule has 0 saturated carbocycles. The molecule has 0 spiro atoms. The molecule has 0 saturated heterocycles. The monoisotopic (exact) mass is 393 g/mol. The Morgan fingerprint density at radius 1 is 1.21 bits per heavy atom. The fourth-order valence-electron chi connectivity index (χ4n) is 2.59. The van der Waals surface area contributed by atoms with Crippen molar-refractivity contribution in [3.8, 4) is 5.75 Å². The van der Waals surface area contributed by atoms with Crippen molar-refractivity contribution < 1.29 is 29.6 Å². The van der Waals surface area contributed by atoms with Crippen LogP contribution in [0.25, 0.3) is 0 Å². The molecule has 0 heterocycles. The minimum Gasteiger partial charge on any atom is -0.507 e. The number of phenols is 1. The largest absolute Gasteiger partial charge is 0.507 e. The summed E-state index contributed by atoms with van der Waals surface area (Å²) in [6.45, 7) is 9.42. The van der Waals surface area contributed by atoms with E-state index in [1.165, 1.54) is 18.2 Å². The van der Waals surface area contributed by atoms with E-state index in [4.69, 9.17) is 4.74 Å². The zero-order valence-corrected chi connectivity index (χ0v) is 17.1. The number of anilines is 1. The number of ether oxygens (including phenoxy) is 1. The number of hydrogen-bond acceptors (Lipinski definition) is 7. The van der Waals surface area contributed by atoms with Gasteiger partial charge >= 0.3 is 5.97 Å². The summed E-state index contributed by atoms with van der Waals surface area (Å²) < 4.78 is 5.43. The Morgan fingerprint density at radius 3 is 2.39 bits per heavy atom. The van der Waals surface area contributed by atoms with Crippen molar-refractivity contribution >= 4 is 17.4 Å². The molecule has 0 amide bonds. The number of hydrogen-bond donors (Lipinski definition) is 4. The maximum absolute atomic E-state index is 12.5. The Hall–Kier alpha value is -2.38. The topological polar surface area (TPSA) is 116 Å². The Labute approximate surface area is 166 Å². The zero-order valence-electron chi connectivity index (χ0n) is 17.1. The Balaban J connectivity index is 2.79. The molecule has 1 rings (SSSR count). The normalized spacial score (nSPS) is 15.7. The molecule has 7 nitrogen and oxygen atoms in total. The summed E-state index contributed by atoms with van der Waals surface area (Å²) in [5.74, 6) is -1.74. The average molecular weight is 393 g/mol. The van der Waals surface area contributed by atoms with E-state index in [2.05, 4.69) is 5.32 Å². The van der Waals surface area contributed by atoms with Crippen LogP contribution in [0.4, 0.5) is 5.69 Å².